The second kappa shape index (κ2) is 12.9. The van der Waals surface area contributed by atoms with E-state index in [4.69, 9.17) is 18.9 Å². The summed E-state index contributed by atoms with van der Waals surface area (Å²) >= 11 is 0.898. The second-order valence-corrected chi connectivity index (χ2v) is 7.40. The number of nitrogens with one attached hydrogen (secondary N) is 1. The number of hydrogen-bond donors (Lipinski definition) is 1. The standard InChI is InChI=1S/C24H25N3O6S/c1-3-30-20-16-17(10-12-19(20)33-15-14-32-18-8-6-5-7-9-18)11-13-21(28)25-23-22(26-27-34-23)24(29)31-4-2/h5-13,16H,3-4,14-15H2,1-2H3,(H,25,28)/b13-11+. The molecule has 0 saturated carbocycles. The minimum absolute atomic E-state index is 0.0232. The van der Waals surface area contributed by atoms with E-state index in [0.717, 1.165) is 22.8 Å². The van der Waals surface area contributed by atoms with E-state index in [2.05, 4.69) is 14.9 Å². The van der Waals surface area contributed by atoms with Crippen molar-refractivity contribution in [2.75, 3.05) is 31.7 Å². The van der Waals surface area contributed by atoms with Gasteiger partial charge in [0.05, 0.1) is 13.2 Å². The molecule has 0 aliphatic heterocycles. The maximum atomic E-state index is 12.3. The van der Waals surface area contributed by atoms with Crippen LogP contribution in [0.2, 0.25) is 0 Å². The van der Waals surface area contributed by atoms with Crippen molar-refractivity contribution in [2.45, 2.75) is 13.8 Å². The molecule has 1 amide bonds. The Morgan fingerprint density at radius 2 is 1.76 bits per heavy atom. The molecular formula is C24H25N3O6S. The van der Waals surface area contributed by atoms with Crippen LogP contribution in [0.5, 0.6) is 17.2 Å². The molecule has 0 aliphatic carbocycles. The molecule has 3 aromatic rings. The molecule has 0 fully saturated rings. The Morgan fingerprint density at radius 1 is 0.971 bits per heavy atom. The van der Waals surface area contributed by atoms with Gasteiger partial charge in [0.25, 0.3) is 0 Å². The van der Waals surface area contributed by atoms with E-state index in [9.17, 15) is 9.59 Å². The summed E-state index contributed by atoms with van der Waals surface area (Å²) in [4.78, 5) is 24.2. The summed E-state index contributed by atoms with van der Waals surface area (Å²) in [6.45, 7) is 4.95. The van der Waals surface area contributed by atoms with Gasteiger partial charge in [-0.25, -0.2) is 4.79 Å². The molecule has 0 bridgehead atoms. The van der Waals surface area contributed by atoms with E-state index in [1.54, 1.807) is 31.2 Å². The van der Waals surface area contributed by atoms with Gasteiger partial charge in [-0.3, -0.25) is 4.79 Å². The first-order valence-corrected chi connectivity index (χ1v) is 11.4. The lowest BCUT2D eigenvalue weighted by Gasteiger charge is -2.13. The number of carbonyl (C=O) groups is 2. The first-order valence-electron chi connectivity index (χ1n) is 10.7. The van der Waals surface area contributed by atoms with Crippen LogP contribution in [0.1, 0.15) is 29.9 Å². The van der Waals surface area contributed by atoms with Crippen molar-refractivity contribution in [3.8, 4) is 17.2 Å². The summed E-state index contributed by atoms with van der Waals surface area (Å²) in [5, 5.41) is 6.53. The van der Waals surface area contributed by atoms with E-state index < -0.39 is 11.9 Å². The number of esters is 1. The zero-order chi connectivity index (χ0) is 24.2. The average molecular weight is 484 g/mol. The summed E-state index contributed by atoms with van der Waals surface area (Å²) in [5.41, 5.74) is 0.713. The third kappa shape index (κ3) is 7.31. The maximum absolute atomic E-state index is 12.3. The Bertz CT molecular complexity index is 1120. The van der Waals surface area contributed by atoms with Crippen LogP contribution in [0.25, 0.3) is 6.08 Å². The Morgan fingerprint density at radius 3 is 2.53 bits per heavy atom. The summed E-state index contributed by atoms with van der Waals surface area (Å²) in [7, 11) is 0. The SMILES string of the molecule is CCOC(=O)c1nnsc1NC(=O)/C=C/c1ccc(OCCOc2ccccc2)c(OCC)c1. The number of benzene rings is 2. The van der Waals surface area contributed by atoms with Gasteiger partial charge in [-0.2, -0.15) is 0 Å². The highest BCUT2D eigenvalue weighted by Gasteiger charge is 2.18. The van der Waals surface area contributed by atoms with Crippen molar-refractivity contribution in [1.29, 1.82) is 0 Å². The summed E-state index contributed by atoms with van der Waals surface area (Å²) < 4.78 is 25.7. The predicted octanol–water partition coefficient (Wildman–Crippen LogP) is 4.22. The van der Waals surface area contributed by atoms with Gasteiger partial charge in [0.1, 0.15) is 19.0 Å². The van der Waals surface area contributed by atoms with Gasteiger partial charge in [0, 0.05) is 17.6 Å². The second-order valence-electron chi connectivity index (χ2n) is 6.64. The molecule has 0 spiro atoms. The number of carbonyl (C=O) groups excluding carboxylic acids is 2. The molecule has 1 heterocycles. The molecule has 3 rings (SSSR count). The fraction of sp³-hybridized carbons (Fsp3) is 0.250. The third-order valence-corrected chi connectivity index (χ3v) is 4.88. The fourth-order valence-corrected chi connectivity index (χ4v) is 3.34. The van der Waals surface area contributed by atoms with Crippen LogP contribution in [0.3, 0.4) is 0 Å². The topological polar surface area (TPSA) is 109 Å². The summed E-state index contributed by atoms with van der Waals surface area (Å²) in [5.74, 6) is 0.837. The number of rotatable bonds is 12. The minimum Gasteiger partial charge on any atom is -0.490 e. The number of anilines is 1. The zero-order valence-electron chi connectivity index (χ0n) is 18.9. The quantitative estimate of drug-likeness (QED) is 0.232. The summed E-state index contributed by atoms with van der Waals surface area (Å²) in [6.07, 6.45) is 2.96. The van der Waals surface area contributed by atoms with Crippen LogP contribution >= 0.6 is 11.5 Å². The lowest BCUT2D eigenvalue weighted by Crippen LogP contribution is -2.12. The fourth-order valence-electron chi connectivity index (χ4n) is 2.77. The Kier molecular flexibility index (Phi) is 9.41. The molecule has 178 valence electrons. The zero-order valence-corrected chi connectivity index (χ0v) is 19.7. The summed E-state index contributed by atoms with van der Waals surface area (Å²) in [6, 6.07) is 14.9. The van der Waals surface area contributed by atoms with E-state index in [-0.39, 0.29) is 17.3 Å². The van der Waals surface area contributed by atoms with Crippen LogP contribution < -0.4 is 19.5 Å². The Balaban J connectivity index is 1.58. The van der Waals surface area contributed by atoms with Crippen molar-refractivity contribution in [3.05, 3.63) is 65.9 Å². The van der Waals surface area contributed by atoms with Gasteiger partial charge in [0.15, 0.2) is 16.5 Å². The Hall–Kier alpha value is -3.92. The number of ether oxygens (including phenoxy) is 4. The first kappa shape index (κ1) is 24.7. The highest BCUT2D eigenvalue weighted by Crippen LogP contribution is 2.29. The van der Waals surface area contributed by atoms with Crippen LogP contribution in [-0.4, -0.2) is 47.9 Å². The van der Waals surface area contributed by atoms with Gasteiger partial charge in [0.2, 0.25) is 11.6 Å². The molecule has 0 atom stereocenters. The molecule has 0 radical (unpaired) electrons. The molecule has 10 heteroatoms. The van der Waals surface area contributed by atoms with Crippen molar-refractivity contribution in [1.82, 2.24) is 9.59 Å². The minimum atomic E-state index is -0.637. The number of hydrogen-bond acceptors (Lipinski definition) is 9. The predicted molar refractivity (Wildman–Crippen MR) is 129 cm³/mol. The van der Waals surface area contributed by atoms with Crippen LogP contribution in [0.15, 0.2) is 54.6 Å². The van der Waals surface area contributed by atoms with E-state index >= 15 is 0 Å². The normalized spacial score (nSPS) is 10.6. The molecule has 0 aliphatic rings. The van der Waals surface area contributed by atoms with Crippen LogP contribution in [0.4, 0.5) is 5.00 Å². The molecule has 0 unspecified atom stereocenters. The monoisotopic (exact) mass is 483 g/mol. The molecule has 9 nitrogen and oxygen atoms in total. The number of para-hydroxylation sites is 1. The molecular weight excluding hydrogens is 458 g/mol. The number of aromatic nitrogens is 2. The maximum Gasteiger partial charge on any atom is 0.362 e. The highest BCUT2D eigenvalue weighted by molar-refractivity contribution is 7.10. The van der Waals surface area contributed by atoms with Crippen LogP contribution in [0, 0.1) is 0 Å². The van der Waals surface area contributed by atoms with Crippen LogP contribution in [-0.2, 0) is 9.53 Å². The smallest absolute Gasteiger partial charge is 0.362 e. The van der Waals surface area contributed by atoms with Crippen molar-refractivity contribution in [3.63, 3.8) is 0 Å². The molecule has 0 saturated heterocycles. The lowest BCUT2D eigenvalue weighted by molar-refractivity contribution is -0.111. The van der Waals surface area contributed by atoms with Gasteiger partial charge in [-0.15, -0.1) is 5.10 Å². The van der Waals surface area contributed by atoms with E-state index in [1.165, 1.54) is 6.08 Å². The van der Waals surface area contributed by atoms with E-state index in [0.29, 0.717) is 31.3 Å². The van der Waals surface area contributed by atoms with Gasteiger partial charge >= 0.3 is 5.97 Å². The van der Waals surface area contributed by atoms with E-state index in [1.807, 2.05) is 37.3 Å². The largest absolute Gasteiger partial charge is 0.490 e. The average Bonchev–Trinajstić information content (AvgIpc) is 3.30. The van der Waals surface area contributed by atoms with Gasteiger partial charge < -0.3 is 24.3 Å². The van der Waals surface area contributed by atoms with Crippen molar-refractivity contribution < 1.29 is 28.5 Å². The van der Waals surface area contributed by atoms with Gasteiger partial charge in [-0.1, -0.05) is 28.8 Å². The highest BCUT2D eigenvalue weighted by atomic mass is 32.1. The number of amides is 1. The Labute approximate surface area is 201 Å². The number of nitrogens with zero attached hydrogens (tertiary/aromatic N) is 2. The molecule has 2 aromatic carbocycles. The van der Waals surface area contributed by atoms with Gasteiger partial charge in [-0.05, 0) is 49.8 Å². The molecule has 1 aromatic heterocycles. The molecule has 1 N–H and O–H groups in total. The first-order chi connectivity index (χ1) is 16.6. The molecule has 34 heavy (non-hydrogen) atoms. The van der Waals surface area contributed by atoms with Crippen molar-refractivity contribution >= 4 is 34.5 Å². The lowest BCUT2D eigenvalue weighted by atomic mass is 10.2. The third-order valence-electron chi connectivity index (χ3n) is 4.24. The van der Waals surface area contributed by atoms with Crippen molar-refractivity contribution in [2.24, 2.45) is 0 Å².